The Morgan fingerprint density at radius 3 is 1.08 bits per heavy atom. The molecule has 2 N–H and O–H groups in total. The molecule has 0 fully saturated rings. The molecular formula is C4H2F4O4. The summed E-state index contributed by atoms with van der Waals surface area (Å²) in [7, 11) is 0. The van der Waals surface area contributed by atoms with Crippen molar-refractivity contribution in [3.8, 4) is 0 Å². The normalized spacial score (nSPS) is 12.7. The van der Waals surface area contributed by atoms with Crippen LogP contribution in [0.3, 0.4) is 0 Å². The third kappa shape index (κ3) is 1.31. The van der Waals surface area contributed by atoms with E-state index in [1.165, 1.54) is 0 Å². The molecule has 0 aliphatic carbocycles. The average molecular weight is 190 g/mol. The maximum Gasteiger partial charge on any atom is 0.415 e. The van der Waals surface area contributed by atoms with E-state index in [4.69, 9.17) is 10.2 Å². The zero-order valence-electron chi connectivity index (χ0n) is 5.22. The molecule has 0 spiro atoms. The smallest absolute Gasteiger partial charge is 0.415 e. The van der Waals surface area contributed by atoms with Gasteiger partial charge in [-0.2, -0.15) is 17.6 Å². The third-order valence-electron chi connectivity index (χ3n) is 0.932. The first-order chi connectivity index (χ1) is 5.14. The molecule has 0 rings (SSSR count). The van der Waals surface area contributed by atoms with Crippen LogP contribution in [-0.2, 0) is 9.59 Å². The monoisotopic (exact) mass is 190 g/mol. The minimum atomic E-state index is -5.60. The summed E-state index contributed by atoms with van der Waals surface area (Å²) in [6.07, 6.45) is 0. The molecule has 70 valence electrons. The lowest BCUT2D eigenvalue weighted by Crippen LogP contribution is -2.52. The predicted molar refractivity (Wildman–Crippen MR) is 25.2 cm³/mol. The highest BCUT2D eigenvalue weighted by Gasteiger charge is 2.68. The molecule has 0 aliphatic rings. The van der Waals surface area contributed by atoms with Crippen LogP contribution in [0.15, 0.2) is 0 Å². The molecular weight excluding hydrogens is 188 g/mol. The van der Waals surface area contributed by atoms with Gasteiger partial charge in [-0.15, -0.1) is 0 Å². The number of rotatable bonds is 3. The first-order valence-corrected chi connectivity index (χ1v) is 2.36. The van der Waals surface area contributed by atoms with Crippen molar-refractivity contribution in [2.24, 2.45) is 0 Å². The summed E-state index contributed by atoms with van der Waals surface area (Å²) < 4.78 is 47.4. The van der Waals surface area contributed by atoms with Crippen molar-refractivity contribution in [2.75, 3.05) is 0 Å². The van der Waals surface area contributed by atoms with Crippen LogP contribution in [0.1, 0.15) is 0 Å². The van der Waals surface area contributed by atoms with Crippen LogP contribution in [0.2, 0.25) is 0 Å². The predicted octanol–water partition coefficient (Wildman–Crippen LogP) is 0.426. The molecule has 0 unspecified atom stereocenters. The first kappa shape index (κ1) is 10.7. The van der Waals surface area contributed by atoms with Gasteiger partial charge in [-0.3, -0.25) is 0 Å². The Balaban J connectivity index is 5.01. The molecule has 0 atom stereocenters. The fraction of sp³-hybridized carbons (Fsp3) is 0.500. The van der Waals surface area contributed by atoms with Crippen LogP contribution in [-0.4, -0.2) is 34.0 Å². The second kappa shape index (κ2) is 2.61. The largest absolute Gasteiger partial charge is 0.477 e. The Morgan fingerprint density at radius 1 is 0.833 bits per heavy atom. The quantitative estimate of drug-likeness (QED) is 0.632. The molecule has 8 heteroatoms. The Morgan fingerprint density at radius 2 is 1.00 bits per heavy atom. The standard InChI is InChI=1S/C4H2F4O4/c5-3(6,1(9)10)4(7,8)2(11)12/h(H,9,10)(H,11,12). The number of carboxylic acid groups (broad SMARTS) is 2. The van der Waals surface area contributed by atoms with Crippen molar-refractivity contribution in [1.82, 2.24) is 0 Å². The third-order valence-corrected chi connectivity index (χ3v) is 0.932. The number of aliphatic carboxylic acids is 2. The summed E-state index contributed by atoms with van der Waals surface area (Å²) in [6, 6.07) is 0. The van der Waals surface area contributed by atoms with E-state index >= 15 is 0 Å². The molecule has 12 heavy (non-hydrogen) atoms. The number of carboxylic acids is 2. The summed E-state index contributed by atoms with van der Waals surface area (Å²) in [4.78, 5) is 19.0. The van der Waals surface area contributed by atoms with E-state index in [1.807, 2.05) is 0 Å². The topological polar surface area (TPSA) is 74.6 Å². The lowest BCUT2D eigenvalue weighted by Gasteiger charge is -2.17. The molecule has 0 heterocycles. The maximum atomic E-state index is 11.8. The van der Waals surface area contributed by atoms with Crippen molar-refractivity contribution in [3.05, 3.63) is 0 Å². The summed E-state index contributed by atoms with van der Waals surface area (Å²) >= 11 is 0. The second-order valence-corrected chi connectivity index (χ2v) is 1.76. The van der Waals surface area contributed by atoms with Crippen molar-refractivity contribution < 1.29 is 37.4 Å². The van der Waals surface area contributed by atoms with Gasteiger partial charge in [-0.05, 0) is 0 Å². The minimum Gasteiger partial charge on any atom is -0.477 e. The number of halogens is 4. The average Bonchev–Trinajstić information content (AvgIpc) is 1.86. The molecule has 0 aliphatic heterocycles. The molecule has 4 nitrogen and oxygen atoms in total. The molecule has 0 amide bonds. The van der Waals surface area contributed by atoms with E-state index in [1.54, 1.807) is 0 Å². The van der Waals surface area contributed by atoms with Crippen LogP contribution in [0.4, 0.5) is 17.6 Å². The van der Waals surface area contributed by atoms with Crippen molar-refractivity contribution in [2.45, 2.75) is 11.8 Å². The van der Waals surface area contributed by atoms with E-state index < -0.39 is 23.8 Å². The zero-order valence-corrected chi connectivity index (χ0v) is 5.22. The number of alkyl halides is 4. The van der Waals surface area contributed by atoms with E-state index in [0.717, 1.165) is 0 Å². The van der Waals surface area contributed by atoms with Crippen molar-refractivity contribution >= 4 is 11.9 Å². The Bertz CT molecular complexity index is 199. The SMILES string of the molecule is O=C(O)C(F)(F)C(F)(F)C(=O)O. The summed E-state index contributed by atoms with van der Waals surface area (Å²) in [5, 5.41) is 15.1. The highest BCUT2D eigenvalue weighted by molar-refractivity contribution is 5.88. The number of hydrogen-bond acceptors (Lipinski definition) is 2. The number of carbonyl (C=O) groups is 2. The first-order valence-electron chi connectivity index (χ1n) is 2.36. The van der Waals surface area contributed by atoms with Crippen LogP contribution in [0.5, 0.6) is 0 Å². The molecule has 0 saturated carbocycles. The number of hydrogen-bond donors (Lipinski definition) is 2. The van der Waals surface area contributed by atoms with Crippen LogP contribution >= 0.6 is 0 Å². The lowest BCUT2D eigenvalue weighted by molar-refractivity contribution is -0.231. The fourth-order valence-electron chi connectivity index (χ4n) is 0.269. The lowest BCUT2D eigenvalue weighted by atomic mass is 10.2. The molecule has 0 radical (unpaired) electrons. The summed E-state index contributed by atoms with van der Waals surface area (Å²) in [5.74, 6) is -17.6. The van der Waals surface area contributed by atoms with Crippen molar-refractivity contribution in [3.63, 3.8) is 0 Å². The zero-order chi connectivity index (χ0) is 10.2. The van der Waals surface area contributed by atoms with Gasteiger partial charge < -0.3 is 10.2 Å². The maximum absolute atomic E-state index is 11.8. The second-order valence-electron chi connectivity index (χ2n) is 1.76. The summed E-state index contributed by atoms with van der Waals surface area (Å²) in [6.45, 7) is 0. The van der Waals surface area contributed by atoms with Gasteiger partial charge in [0, 0.05) is 0 Å². The van der Waals surface area contributed by atoms with E-state index in [9.17, 15) is 27.2 Å². The van der Waals surface area contributed by atoms with Gasteiger partial charge in [0.05, 0.1) is 0 Å². The van der Waals surface area contributed by atoms with Gasteiger partial charge in [0.2, 0.25) is 0 Å². The van der Waals surface area contributed by atoms with E-state index in [0.29, 0.717) is 0 Å². The Hall–Kier alpha value is -1.34. The molecule has 0 aromatic rings. The fourth-order valence-corrected chi connectivity index (χ4v) is 0.269. The highest BCUT2D eigenvalue weighted by atomic mass is 19.3. The highest BCUT2D eigenvalue weighted by Crippen LogP contribution is 2.34. The van der Waals surface area contributed by atoms with E-state index in [-0.39, 0.29) is 0 Å². The Labute approximate surface area is 62.4 Å². The molecule has 0 aromatic carbocycles. The van der Waals surface area contributed by atoms with E-state index in [2.05, 4.69) is 0 Å². The minimum absolute atomic E-state index is 3.19. The van der Waals surface area contributed by atoms with Gasteiger partial charge >= 0.3 is 23.8 Å². The van der Waals surface area contributed by atoms with Crippen LogP contribution in [0, 0.1) is 0 Å². The molecule has 0 saturated heterocycles. The van der Waals surface area contributed by atoms with Crippen molar-refractivity contribution in [1.29, 1.82) is 0 Å². The van der Waals surface area contributed by atoms with Gasteiger partial charge in [0.25, 0.3) is 0 Å². The molecule has 0 bridgehead atoms. The molecule has 0 aromatic heterocycles. The van der Waals surface area contributed by atoms with Gasteiger partial charge in [0.15, 0.2) is 0 Å². The summed E-state index contributed by atoms with van der Waals surface area (Å²) in [5.41, 5.74) is 0. The van der Waals surface area contributed by atoms with Gasteiger partial charge in [0.1, 0.15) is 0 Å². The van der Waals surface area contributed by atoms with Gasteiger partial charge in [-0.25, -0.2) is 9.59 Å². The van der Waals surface area contributed by atoms with Crippen LogP contribution in [0.25, 0.3) is 0 Å². The van der Waals surface area contributed by atoms with Gasteiger partial charge in [-0.1, -0.05) is 0 Å². The Kier molecular flexibility index (Phi) is 2.32. The van der Waals surface area contributed by atoms with Crippen LogP contribution < -0.4 is 0 Å².